The van der Waals surface area contributed by atoms with Crippen molar-refractivity contribution in [3.63, 3.8) is 0 Å². The van der Waals surface area contributed by atoms with Gasteiger partial charge in [0.1, 0.15) is 34.7 Å². The zero-order chi connectivity index (χ0) is 38.6. The van der Waals surface area contributed by atoms with Gasteiger partial charge in [0, 0.05) is 77.0 Å². The van der Waals surface area contributed by atoms with E-state index in [4.69, 9.17) is 0 Å². The van der Waals surface area contributed by atoms with E-state index in [9.17, 15) is 28.8 Å². The number of rotatable bonds is 27. The molecule has 0 aliphatic carbocycles. The Kier molecular flexibility index (Phi) is 46.6. The zero-order valence-electron chi connectivity index (χ0n) is 32.1. The summed E-state index contributed by atoms with van der Waals surface area (Å²) in [6, 6.07) is 0. The lowest BCUT2D eigenvalue weighted by atomic mass is 9.97. The van der Waals surface area contributed by atoms with Gasteiger partial charge in [-0.05, 0) is 77.0 Å². The van der Waals surface area contributed by atoms with Crippen LogP contribution in [-0.2, 0) is 28.8 Å². The minimum absolute atomic E-state index is 0.162. The van der Waals surface area contributed by atoms with Gasteiger partial charge in [0.25, 0.3) is 0 Å². The highest BCUT2D eigenvalue weighted by Gasteiger charge is 2.13. The first-order valence-electron chi connectivity index (χ1n) is 17.4. The molecule has 12 heteroatoms. The summed E-state index contributed by atoms with van der Waals surface area (Å²) in [6.07, 6.45) is 13.3. The number of ketones is 6. The molecule has 6 nitrogen and oxygen atoms in total. The van der Waals surface area contributed by atoms with Gasteiger partial charge in [0.2, 0.25) is 0 Å². The second kappa shape index (κ2) is 40.9. The van der Waals surface area contributed by atoms with E-state index in [0.29, 0.717) is 116 Å². The standard InChI is InChI=1S/C12H22O2S2.C10H18O2S2.C8H16OS.C7H14OS/c1-10(8-11(13)4-6-15-2)9-12(14)5-7-16-3;1-8(6-9(11)2-4-13)7-10(12)3-5-14;1-7(2)6-8(9)4-5-10-3;1-6(2)5-7(8)3-4-9/h10H,4-9H2,1-3H3;8,13-14H,2-7H2,1H3;7H,4-6H2,1-3H3;6,9H,3-5H2,1-2H3. The molecule has 49 heavy (non-hydrogen) atoms. The molecule has 0 radical (unpaired) electrons. The maximum Gasteiger partial charge on any atom is 0.134 e. The minimum atomic E-state index is 0.162. The number of thioether (sulfide) groups is 3. The molecular weight excluding hydrogens is 733 g/mol. The summed E-state index contributed by atoms with van der Waals surface area (Å²) in [5, 5.41) is 0. The van der Waals surface area contributed by atoms with E-state index in [0.717, 1.165) is 30.1 Å². The summed E-state index contributed by atoms with van der Waals surface area (Å²) in [6.45, 7) is 12.2. The highest BCUT2D eigenvalue weighted by molar-refractivity contribution is 7.99. The van der Waals surface area contributed by atoms with Gasteiger partial charge in [-0.1, -0.05) is 41.5 Å². The SMILES string of the molecule is CC(C)CC(=O)CCS.CC(CC(=O)CCS)CC(=O)CCS.CSCCC(=O)CC(C)C.CSCCC(=O)CC(C)CC(=O)CCSC. The Hall–Kier alpha value is 0.120. The van der Waals surface area contributed by atoms with Crippen molar-refractivity contribution in [3.05, 3.63) is 0 Å². The molecule has 0 saturated heterocycles. The molecule has 0 aromatic carbocycles. The van der Waals surface area contributed by atoms with Gasteiger partial charge in [0.05, 0.1) is 0 Å². The number of hydrogen-bond acceptors (Lipinski definition) is 12. The van der Waals surface area contributed by atoms with E-state index < -0.39 is 0 Å². The molecule has 0 aliphatic heterocycles. The van der Waals surface area contributed by atoms with Gasteiger partial charge in [-0.2, -0.15) is 73.2 Å². The first-order valence-corrected chi connectivity index (χ1v) is 23.5. The molecule has 0 atom stereocenters. The highest BCUT2D eigenvalue weighted by Crippen LogP contribution is 2.14. The van der Waals surface area contributed by atoms with Crippen LogP contribution in [0.1, 0.15) is 119 Å². The number of carbonyl (C=O) groups is 6. The van der Waals surface area contributed by atoms with Crippen LogP contribution in [0.5, 0.6) is 0 Å². The summed E-state index contributed by atoms with van der Waals surface area (Å²) in [5.41, 5.74) is 0. The lowest BCUT2D eigenvalue weighted by Gasteiger charge is -2.09. The van der Waals surface area contributed by atoms with Gasteiger partial charge in [-0.25, -0.2) is 0 Å². The smallest absolute Gasteiger partial charge is 0.134 e. The van der Waals surface area contributed by atoms with Crippen LogP contribution in [0.4, 0.5) is 0 Å². The van der Waals surface area contributed by atoms with Crippen molar-refractivity contribution in [1.82, 2.24) is 0 Å². The molecule has 0 amide bonds. The van der Waals surface area contributed by atoms with Gasteiger partial charge in [0.15, 0.2) is 0 Å². The number of Topliss-reactive ketones (excluding diaryl/α,β-unsaturated/α-hetero) is 6. The van der Waals surface area contributed by atoms with Crippen LogP contribution in [0.25, 0.3) is 0 Å². The first kappa shape index (κ1) is 55.9. The van der Waals surface area contributed by atoms with E-state index in [2.05, 4.69) is 65.6 Å². The van der Waals surface area contributed by atoms with Gasteiger partial charge in [-0.3, -0.25) is 28.8 Å². The second-order valence-electron chi connectivity index (χ2n) is 13.1. The minimum Gasteiger partial charge on any atom is -0.300 e. The molecule has 290 valence electrons. The quantitative estimate of drug-likeness (QED) is 0.0702. The molecule has 0 heterocycles. The molecule has 0 rings (SSSR count). The Morgan fingerprint density at radius 2 is 0.592 bits per heavy atom. The van der Waals surface area contributed by atoms with Crippen LogP contribution in [0, 0.1) is 23.7 Å². The van der Waals surface area contributed by atoms with Crippen LogP contribution < -0.4 is 0 Å². The Balaban J connectivity index is -0.000000283. The van der Waals surface area contributed by atoms with Crippen molar-refractivity contribution in [3.8, 4) is 0 Å². The van der Waals surface area contributed by atoms with E-state index in [1.807, 2.05) is 32.6 Å². The molecular formula is C37H70O6S6. The Labute approximate surface area is 330 Å². The normalized spacial score (nSPS) is 10.5. The summed E-state index contributed by atoms with van der Waals surface area (Å²) >= 11 is 17.1. The molecule has 0 bridgehead atoms. The van der Waals surface area contributed by atoms with Crippen molar-refractivity contribution in [2.75, 3.05) is 53.3 Å². The van der Waals surface area contributed by atoms with Crippen molar-refractivity contribution in [2.24, 2.45) is 23.7 Å². The lowest BCUT2D eigenvalue weighted by Crippen LogP contribution is -2.11. The number of carbonyl (C=O) groups excluding carboxylic acids is 6. The van der Waals surface area contributed by atoms with E-state index in [1.54, 1.807) is 35.3 Å². The molecule has 0 spiro atoms. The third kappa shape index (κ3) is 50.3. The van der Waals surface area contributed by atoms with Crippen LogP contribution in [0.15, 0.2) is 0 Å². The van der Waals surface area contributed by atoms with Crippen LogP contribution in [0.3, 0.4) is 0 Å². The second-order valence-corrected chi connectivity index (χ2v) is 17.4. The maximum atomic E-state index is 11.5. The monoisotopic (exact) mass is 802 g/mol. The fourth-order valence-corrected chi connectivity index (χ4v) is 6.29. The van der Waals surface area contributed by atoms with E-state index in [1.165, 1.54) is 0 Å². The van der Waals surface area contributed by atoms with Gasteiger partial charge in [-0.15, -0.1) is 0 Å². The predicted molar refractivity (Wildman–Crippen MR) is 230 cm³/mol. The van der Waals surface area contributed by atoms with E-state index >= 15 is 0 Å². The van der Waals surface area contributed by atoms with Gasteiger partial charge < -0.3 is 0 Å². The fourth-order valence-electron chi connectivity index (χ4n) is 4.24. The summed E-state index contributed by atoms with van der Waals surface area (Å²) in [4.78, 5) is 67.2. The van der Waals surface area contributed by atoms with Crippen LogP contribution in [-0.4, -0.2) is 88.0 Å². The number of thiol groups is 3. The fraction of sp³-hybridized carbons (Fsp3) is 0.838. The summed E-state index contributed by atoms with van der Waals surface area (Å²) in [5.74, 6) is 7.76. The van der Waals surface area contributed by atoms with Crippen molar-refractivity contribution in [2.45, 2.75) is 119 Å². The summed E-state index contributed by atoms with van der Waals surface area (Å²) in [7, 11) is 0. The molecule has 0 fully saturated rings. The highest BCUT2D eigenvalue weighted by atomic mass is 32.2. The third-order valence-electron chi connectivity index (χ3n) is 6.50. The predicted octanol–water partition coefficient (Wildman–Crippen LogP) is 9.50. The van der Waals surface area contributed by atoms with Crippen molar-refractivity contribution >= 4 is 108 Å². The molecule has 0 saturated carbocycles. The maximum absolute atomic E-state index is 11.5. The zero-order valence-corrected chi connectivity index (χ0v) is 37.2. The Morgan fingerprint density at radius 1 is 0.388 bits per heavy atom. The molecule has 0 aromatic heterocycles. The molecule has 0 aromatic rings. The molecule has 0 unspecified atom stereocenters. The Bertz CT molecular complexity index is 824. The van der Waals surface area contributed by atoms with Crippen molar-refractivity contribution in [1.29, 1.82) is 0 Å². The van der Waals surface area contributed by atoms with Crippen LogP contribution in [0.2, 0.25) is 0 Å². The van der Waals surface area contributed by atoms with E-state index in [-0.39, 0.29) is 23.4 Å². The van der Waals surface area contributed by atoms with Crippen molar-refractivity contribution < 1.29 is 28.8 Å². The average Bonchev–Trinajstić information content (AvgIpc) is 2.98. The Morgan fingerprint density at radius 3 is 0.796 bits per heavy atom. The van der Waals surface area contributed by atoms with Crippen LogP contribution >= 0.6 is 73.2 Å². The largest absolute Gasteiger partial charge is 0.300 e. The number of hydrogen-bond donors (Lipinski definition) is 3. The molecule has 0 aliphatic rings. The third-order valence-corrected chi connectivity index (χ3v) is 9.01. The average molecular weight is 803 g/mol. The summed E-state index contributed by atoms with van der Waals surface area (Å²) < 4.78 is 0. The van der Waals surface area contributed by atoms with Gasteiger partial charge >= 0.3 is 0 Å². The molecule has 0 N–H and O–H groups in total. The lowest BCUT2D eigenvalue weighted by molar-refractivity contribution is -0.123. The first-order chi connectivity index (χ1) is 23.0. The topological polar surface area (TPSA) is 102 Å².